The van der Waals surface area contributed by atoms with Gasteiger partial charge in [0.05, 0.1) is 12.6 Å². The summed E-state index contributed by atoms with van der Waals surface area (Å²) in [6.07, 6.45) is 0.865. The second kappa shape index (κ2) is 7.36. The molecule has 0 saturated carbocycles. The molecule has 126 valence electrons. The fourth-order valence-corrected chi connectivity index (χ4v) is 3.43. The first-order valence-corrected chi connectivity index (χ1v) is 8.95. The van der Waals surface area contributed by atoms with Crippen molar-refractivity contribution >= 4 is 27.5 Å². The number of carbonyl (C=O) groups excluding carboxylic acids is 1. The van der Waals surface area contributed by atoms with E-state index in [9.17, 15) is 4.79 Å². The molecule has 0 aliphatic carbocycles. The summed E-state index contributed by atoms with van der Waals surface area (Å²) in [5.74, 6) is 0.00863. The van der Waals surface area contributed by atoms with Gasteiger partial charge in [-0.3, -0.25) is 4.79 Å². The van der Waals surface area contributed by atoms with Crippen LogP contribution >= 0.6 is 15.9 Å². The van der Waals surface area contributed by atoms with Gasteiger partial charge in [-0.1, -0.05) is 46.3 Å². The van der Waals surface area contributed by atoms with Gasteiger partial charge in [-0.2, -0.15) is 0 Å². The van der Waals surface area contributed by atoms with Crippen molar-refractivity contribution in [3.05, 3.63) is 64.1 Å². The predicted octanol–water partition coefficient (Wildman–Crippen LogP) is 3.02. The fraction of sp³-hybridized carbons (Fsp3) is 0.316. The number of anilines is 1. The number of carbonyl (C=O) groups is 1. The predicted molar refractivity (Wildman–Crippen MR) is 101 cm³/mol. The Labute approximate surface area is 151 Å². The molecule has 0 saturated heterocycles. The molecular weight excluding hydrogens is 366 g/mol. The molecule has 2 unspecified atom stereocenters. The molecule has 2 atom stereocenters. The minimum Gasteiger partial charge on any atom is -0.360 e. The summed E-state index contributed by atoms with van der Waals surface area (Å²) in [6.45, 7) is 3.03. The Morgan fingerprint density at radius 3 is 2.75 bits per heavy atom. The Balaban J connectivity index is 1.65. The van der Waals surface area contributed by atoms with Crippen LogP contribution in [-0.2, 0) is 11.2 Å². The third-order valence-corrected chi connectivity index (χ3v) is 4.88. The zero-order valence-electron chi connectivity index (χ0n) is 13.7. The van der Waals surface area contributed by atoms with Crippen molar-refractivity contribution in [1.82, 2.24) is 5.32 Å². The molecule has 2 aromatic carbocycles. The van der Waals surface area contributed by atoms with Crippen molar-refractivity contribution < 1.29 is 4.79 Å². The number of benzene rings is 2. The van der Waals surface area contributed by atoms with Crippen molar-refractivity contribution in [2.24, 2.45) is 5.73 Å². The van der Waals surface area contributed by atoms with Gasteiger partial charge in [0.2, 0.25) is 5.91 Å². The van der Waals surface area contributed by atoms with E-state index in [1.54, 1.807) is 0 Å². The van der Waals surface area contributed by atoms with Crippen molar-refractivity contribution in [3.8, 4) is 0 Å². The summed E-state index contributed by atoms with van der Waals surface area (Å²) in [4.78, 5) is 14.6. The minimum absolute atomic E-state index is 0.00863. The number of nitrogens with two attached hydrogens (primary N) is 1. The maximum Gasteiger partial charge on any atom is 0.239 e. The van der Waals surface area contributed by atoms with Gasteiger partial charge in [0.25, 0.3) is 0 Å². The highest BCUT2D eigenvalue weighted by atomic mass is 79.9. The number of amides is 1. The molecule has 3 rings (SSSR count). The molecular formula is C19H22BrN3O. The van der Waals surface area contributed by atoms with Gasteiger partial charge in [-0.15, -0.1) is 0 Å². The highest BCUT2D eigenvalue weighted by Gasteiger charge is 2.23. The molecule has 4 nitrogen and oxygen atoms in total. The Morgan fingerprint density at radius 1 is 1.29 bits per heavy atom. The molecule has 2 aromatic rings. The lowest BCUT2D eigenvalue weighted by Gasteiger charge is -2.34. The zero-order valence-corrected chi connectivity index (χ0v) is 15.3. The topological polar surface area (TPSA) is 58.4 Å². The average Bonchev–Trinajstić information content (AvgIpc) is 2.55. The third-order valence-electron chi connectivity index (χ3n) is 4.35. The lowest BCUT2D eigenvalue weighted by molar-refractivity contribution is -0.120. The van der Waals surface area contributed by atoms with Crippen LogP contribution in [0.25, 0.3) is 0 Å². The number of nitrogens with zero attached hydrogens (tertiary/aromatic N) is 1. The van der Waals surface area contributed by atoms with E-state index in [0.29, 0.717) is 13.1 Å². The molecule has 24 heavy (non-hydrogen) atoms. The van der Waals surface area contributed by atoms with Gasteiger partial charge >= 0.3 is 0 Å². The van der Waals surface area contributed by atoms with Crippen LogP contribution in [0.15, 0.2) is 53.0 Å². The van der Waals surface area contributed by atoms with E-state index in [1.807, 2.05) is 43.3 Å². The van der Waals surface area contributed by atoms with Crippen molar-refractivity contribution in [2.75, 3.05) is 18.0 Å². The number of hydrogen-bond donors (Lipinski definition) is 2. The molecule has 3 N–H and O–H groups in total. The Bertz CT molecular complexity index is 717. The van der Waals surface area contributed by atoms with Crippen LogP contribution < -0.4 is 16.0 Å². The number of nitrogens with one attached hydrogen (secondary N) is 1. The van der Waals surface area contributed by atoms with E-state index in [1.165, 1.54) is 5.56 Å². The molecule has 1 aliphatic rings. The summed E-state index contributed by atoms with van der Waals surface area (Å²) in [5.41, 5.74) is 9.56. The normalized spacial score (nSPS) is 18.0. The summed E-state index contributed by atoms with van der Waals surface area (Å²) >= 11 is 3.43. The van der Waals surface area contributed by atoms with Gasteiger partial charge in [-0.25, -0.2) is 0 Å². The van der Waals surface area contributed by atoms with Gasteiger partial charge < -0.3 is 16.0 Å². The number of fused-ring (bicyclic) bond motifs is 1. The highest BCUT2D eigenvalue weighted by Crippen LogP contribution is 2.26. The average molecular weight is 388 g/mol. The SMILES string of the molecule is CC(NC(=O)CN1CC(N)Cc2ccccc21)c1ccc(Br)cc1. The first-order valence-electron chi connectivity index (χ1n) is 8.16. The van der Waals surface area contributed by atoms with Crippen molar-refractivity contribution in [2.45, 2.75) is 25.4 Å². The van der Waals surface area contributed by atoms with Crippen molar-refractivity contribution in [3.63, 3.8) is 0 Å². The first kappa shape index (κ1) is 17.0. The van der Waals surface area contributed by atoms with Crippen LogP contribution in [0.2, 0.25) is 0 Å². The third kappa shape index (κ3) is 3.97. The number of hydrogen-bond acceptors (Lipinski definition) is 3. The van der Waals surface area contributed by atoms with Crippen LogP contribution in [0.5, 0.6) is 0 Å². The van der Waals surface area contributed by atoms with Gasteiger partial charge in [0.1, 0.15) is 0 Å². The summed E-state index contributed by atoms with van der Waals surface area (Å²) in [6, 6.07) is 16.2. The van der Waals surface area contributed by atoms with Crippen LogP contribution in [0, 0.1) is 0 Å². The Hall–Kier alpha value is -1.85. The van der Waals surface area contributed by atoms with Crippen LogP contribution in [0.1, 0.15) is 24.1 Å². The largest absolute Gasteiger partial charge is 0.360 e. The first-order chi connectivity index (χ1) is 11.5. The zero-order chi connectivity index (χ0) is 17.1. The number of para-hydroxylation sites is 1. The minimum atomic E-state index is -0.0284. The maximum atomic E-state index is 12.5. The fourth-order valence-electron chi connectivity index (χ4n) is 3.17. The van der Waals surface area contributed by atoms with E-state index >= 15 is 0 Å². The van der Waals surface area contributed by atoms with E-state index in [2.05, 4.69) is 38.3 Å². The second-order valence-corrected chi connectivity index (χ2v) is 7.23. The van der Waals surface area contributed by atoms with Gasteiger partial charge in [0, 0.05) is 22.7 Å². The second-order valence-electron chi connectivity index (χ2n) is 6.31. The van der Waals surface area contributed by atoms with Crippen LogP contribution in [-0.4, -0.2) is 25.0 Å². The molecule has 0 bridgehead atoms. The summed E-state index contributed by atoms with van der Waals surface area (Å²) < 4.78 is 1.03. The quantitative estimate of drug-likeness (QED) is 0.847. The standard InChI is InChI=1S/C19H22BrN3O/c1-13(14-6-8-16(20)9-7-14)22-19(24)12-23-11-17(21)10-15-4-2-3-5-18(15)23/h2-9,13,17H,10-12,21H2,1H3,(H,22,24). The summed E-state index contributed by atoms with van der Waals surface area (Å²) in [5, 5.41) is 3.07. The van der Waals surface area contributed by atoms with Crippen LogP contribution in [0.3, 0.4) is 0 Å². The van der Waals surface area contributed by atoms with Crippen molar-refractivity contribution in [1.29, 1.82) is 0 Å². The van der Waals surface area contributed by atoms with E-state index in [-0.39, 0.29) is 18.0 Å². The molecule has 5 heteroatoms. The highest BCUT2D eigenvalue weighted by molar-refractivity contribution is 9.10. The molecule has 0 spiro atoms. The molecule has 1 amide bonds. The molecule has 1 heterocycles. The monoisotopic (exact) mass is 387 g/mol. The molecule has 1 aliphatic heterocycles. The smallest absolute Gasteiger partial charge is 0.239 e. The lowest BCUT2D eigenvalue weighted by Crippen LogP contribution is -2.47. The lowest BCUT2D eigenvalue weighted by atomic mass is 9.98. The van der Waals surface area contributed by atoms with E-state index < -0.39 is 0 Å². The van der Waals surface area contributed by atoms with E-state index in [4.69, 9.17) is 5.73 Å². The number of rotatable bonds is 4. The maximum absolute atomic E-state index is 12.5. The van der Waals surface area contributed by atoms with Crippen LogP contribution in [0.4, 0.5) is 5.69 Å². The molecule has 0 radical (unpaired) electrons. The van der Waals surface area contributed by atoms with E-state index in [0.717, 1.165) is 22.1 Å². The van der Waals surface area contributed by atoms with Gasteiger partial charge in [-0.05, 0) is 42.7 Å². The molecule has 0 aromatic heterocycles. The Morgan fingerprint density at radius 2 is 2.00 bits per heavy atom. The van der Waals surface area contributed by atoms with Gasteiger partial charge in [0.15, 0.2) is 0 Å². The summed E-state index contributed by atoms with van der Waals surface area (Å²) in [7, 11) is 0. The molecule has 0 fully saturated rings. The Kier molecular flexibility index (Phi) is 5.21. The number of halogens is 1.